The van der Waals surface area contributed by atoms with E-state index < -0.39 is 0 Å². The largest absolute Gasteiger partial charge is 0.271 e. The number of amides is 1. The normalized spacial score (nSPS) is 21.2. The highest BCUT2D eigenvalue weighted by Crippen LogP contribution is 2.24. The summed E-state index contributed by atoms with van der Waals surface area (Å²) in [5, 5.41) is 4.31. The Kier molecular flexibility index (Phi) is 4.13. The first-order valence-electron chi connectivity index (χ1n) is 6.64. The molecule has 96 valence electrons. The molecule has 1 saturated carbocycles. The van der Waals surface area contributed by atoms with Crippen LogP contribution in [0.5, 0.6) is 0 Å². The zero-order valence-electron chi connectivity index (χ0n) is 11.1. The molecule has 0 bridgehead atoms. The van der Waals surface area contributed by atoms with E-state index in [9.17, 15) is 4.79 Å². The number of nitrogens with zero attached hydrogens (tertiary/aromatic N) is 1. The summed E-state index contributed by atoms with van der Waals surface area (Å²) in [4.78, 5) is 12.0. The Bertz CT molecular complexity index is 465. The topological polar surface area (TPSA) is 41.5 Å². The van der Waals surface area contributed by atoms with E-state index in [0.29, 0.717) is 11.5 Å². The van der Waals surface area contributed by atoms with Crippen molar-refractivity contribution in [2.75, 3.05) is 0 Å². The fourth-order valence-electron chi connectivity index (χ4n) is 2.50. The van der Waals surface area contributed by atoms with Crippen LogP contribution in [-0.2, 0) is 0 Å². The van der Waals surface area contributed by atoms with Crippen LogP contribution in [-0.4, -0.2) is 11.6 Å². The lowest BCUT2D eigenvalue weighted by Crippen LogP contribution is -2.21. The average Bonchev–Trinajstić information content (AvgIpc) is 2.84. The van der Waals surface area contributed by atoms with Gasteiger partial charge in [-0.2, -0.15) is 5.10 Å². The number of carbonyl (C=O) groups excluding carboxylic acids is 1. The summed E-state index contributed by atoms with van der Waals surface area (Å²) in [6.45, 7) is 4.11. The molecule has 1 aromatic rings. The molecule has 1 amide bonds. The lowest BCUT2D eigenvalue weighted by atomic mass is 10.0. The van der Waals surface area contributed by atoms with Gasteiger partial charge in [0.05, 0.1) is 0 Å². The number of carbonyl (C=O) groups is 1. The van der Waals surface area contributed by atoms with Crippen molar-refractivity contribution in [1.29, 1.82) is 0 Å². The first-order chi connectivity index (χ1) is 8.72. The maximum absolute atomic E-state index is 12.0. The molecule has 0 aliphatic heterocycles. The predicted octanol–water partition coefficient (Wildman–Crippen LogP) is 3.29. The second-order valence-corrected chi connectivity index (χ2v) is 4.86. The Morgan fingerprint density at radius 1 is 1.44 bits per heavy atom. The standard InChI is InChI=1S/C15H20N2O/c1-3-12-8-6-10-14(12)16-17-15(18)13-9-5-4-7-11(13)2/h4-5,7,9,12H,3,6,8,10H2,1-2H3,(H,17,18)/t12-/m1/s1. The molecule has 0 radical (unpaired) electrons. The molecule has 3 heteroatoms. The Morgan fingerprint density at radius 3 is 2.94 bits per heavy atom. The number of hydrazone groups is 1. The number of hydrogen-bond donors (Lipinski definition) is 1. The van der Waals surface area contributed by atoms with Crippen molar-refractivity contribution in [2.45, 2.75) is 39.5 Å². The number of aryl methyl sites for hydroxylation is 1. The molecule has 1 N–H and O–H groups in total. The summed E-state index contributed by atoms with van der Waals surface area (Å²) in [6.07, 6.45) is 4.53. The van der Waals surface area contributed by atoms with Crippen molar-refractivity contribution in [3.05, 3.63) is 35.4 Å². The highest BCUT2D eigenvalue weighted by Gasteiger charge is 2.21. The van der Waals surface area contributed by atoms with Gasteiger partial charge < -0.3 is 0 Å². The summed E-state index contributed by atoms with van der Waals surface area (Å²) >= 11 is 0. The molecule has 1 atom stereocenters. The van der Waals surface area contributed by atoms with Gasteiger partial charge in [0.25, 0.3) is 5.91 Å². The van der Waals surface area contributed by atoms with E-state index in [1.165, 1.54) is 12.8 Å². The van der Waals surface area contributed by atoms with E-state index >= 15 is 0 Å². The van der Waals surface area contributed by atoms with Crippen molar-refractivity contribution in [3.63, 3.8) is 0 Å². The summed E-state index contributed by atoms with van der Waals surface area (Å²) in [6, 6.07) is 7.57. The molecular formula is C15H20N2O. The molecule has 18 heavy (non-hydrogen) atoms. The van der Waals surface area contributed by atoms with E-state index in [1.54, 1.807) is 0 Å². The molecule has 1 fully saturated rings. The molecule has 0 heterocycles. The van der Waals surface area contributed by atoms with Crippen molar-refractivity contribution in [3.8, 4) is 0 Å². The lowest BCUT2D eigenvalue weighted by Gasteiger charge is -2.08. The van der Waals surface area contributed by atoms with Crippen LogP contribution in [0.25, 0.3) is 0 Å². The van der Waals surface area contributed by atoms with Crippen molar-refractivity contribution in [1.82, 2.24) is 5.43 Å². The number of nitrogens with one attached hydrogen (secondary N) is 1. The van der Waals surface area contributed by atoms with E-state index in [0.717, 1.165) is 24.1 Å². The molecule has 0 spiro atoms. The highest BCUT2D eigenvalue weighted by molar-refractivity contribution is 5.97. The summed E-state index contributed by atoms with van der Waals surface area (Å²) < 4.78 is 0. The van der Waals surface area contributed by atoms with Gasteiger partial charge in [-0.3, -0.25) is 4.79 Å². The molecular weight excluding hydrogens is 224 g/mol. The third-order valence-electron chi connectivity index (χ3n) is 3.64. The second kappa shape index (κ2) is 5.80. The van der Waals surface area contributed by atoms with Crippen LogP contribution in [0.1, 0.15) is 48.5 Å². The number of hydrogen-bond acceptors (Lipinski definition) is 2. The van der Waals surface area contributed by atoms with Gasteiger partial charge in [-0.05, 0) is 50.2 Å². The van der Waals surface area contributed by atoms with Crippen LogP contribution in [0.4, 0.5) is 0 Å². The van der Waals surface area contributed by atoms with E-state index in [4.69, 9.17) is 0 Å². The van der Waals surface area contributed by atoms with Crippen LogP contribution in [0.3, 0.4) is 0 Å². The van der Waals surface area contributed by atoms with Gasteiger partial charge in [-0.15, -0.1) is 0 Å². The molecule has 1 aliphatic rings. The van der Waals surface area contributed by atoms with E-state index in [2.05, 4.69) is 17.5 Å². The monoisotopic (exact) mass is 244 g/mol. The minimum Gasteiger partial charge on any atom is -0.267 e. The predicted molar refractivity (Wildman–Crippen MR) is 73.7 cm³/mol. The Morgan fingerprint density at radius 2 is 2.22 bits per heavy atom. The Labute approximate surface area is 108 Å². The van der Waals surface area contributed by atoms with Gasteiger partial charge in [-0.25, -0.2) is 5.43 Å². The van der Waals surface area contributed by atoms with Gasteiger partial charge in [-0.1, -0.05) is 25.1 Å². The summed E-state index contributed by atoms with van der Waals surface area (Å²) in [5.41, 5.74) is 5.53. The van der Waals surface area contributed by atoms with Crippen LogP contribution < -0.4 is 5.43 Å². The molecule has 3 nitrogen and oxygen atoms in total. The lowest BCUT2D eigenvalue weighted by molar-refractivity contribution is 0.0954. The first kappa shape index (κ1) is 12.8. The second-order valence-electron chi connectivity index (χ2n) is 4.86. The zero-order valence-corrected chi connectivity index (χ0v) is 11.1. The van der Waals surface area contributed by atoms with E-state index in [-0.39, 0.29) is 5.91 Å². The molecule has 0 aromatic heterocycles. The third kappa shape index (κ3) is 2.78. The minimum absolute atomic E-state index is 0.109. The molecule has 0 unspecified atom stereocenters. The zero-order chi connectivity index (χ0) is 13.0. The molecule has 2 rings (SSSR count). The van der Waals surface area contributed by atoms with Gasteiger partial charge in [0.2, 0.25) is 0 Å². The van der Waals surface area contributed by atoms with Gasteiger partial charge >= 0.3 is 0 Å². The highest BCUT2D eigenvalue weighted by atomic mass is 16.2. The van der Waals surface area contributed by atoms with Crippen LogP contribution >= 0.6 is 0 Å². The van der Waals surface area contributed by atoms with Crippen molar-refractivity contribution < 1.29 is 4.79 Å². The van der Waals surface area contributed by atoms with Crippen LogP contribution in [0.2, 0.25) is 0 Å². The Hall–Kier alpha value is -1.64. The number of benzene rings is 1. The molecule has 1 aromatic carbocycles. The van der Waals surface area contributed by atoms with Gasteiger partial charge in [0, 0.05) is 11.3 Å². The van der Waals surface area contributed by atoms with Crippen LogP contribution in [0.15, 0.2) is 29.4 Å². The SMILES string of the molecule is CC[C@@H]1CCCC1=NNC(=O)c1ccccc1C. The first-order valence-corrected chi connectivity index (χ1v) is 6.64. The summed E-state index contributed by atoms with van der Waals surface area (Å²) in [7, 11) is 0. The van der Waals surface area contributed by atoms with Crippen molar-refractivity contribution in [2.24, 2.45) is 11.0 Å². The fourth-order valence-corrected chi connectivity index (χ4v) is 2.50. The van der Waals surface area contributed by atoms with Gasteiger partial charge in [0.1, 0.15) is 0 Å². The minimum atomic E-state index is -0.109. The maximum Gasteiger partial charge on any atom is 0.271 e. The fraction of sp³-hybridized carbons (Fsp3) is 0.467. The third-order valence-corrected chi connectivity index (χ3v) is 3.64. The maximum atomic E-state index is 12.0. The average molecular weight is 244 g/mol. The Balaban J connectivity index is 2.04. The number of rotatable bonds is 3. The quantitative estimate of drug-likeness (QED) is 0.814. The smallest absolute Gasteiger partial charge is 0.267 e. The summed E-state index contributed by atoms with van der Waals surface area (Å²) in [5.74, 6) is 0.449. The molecule has 0 saturated heterocycles. The van der Waals surface area contributed by atoms with Crippen molar-refractivity contribution >= 4 is 11.6 Å². The van der Waals surface area contributed by atoms with Gasteiger partial charge in [0.15, 0.2) is 0 Å². The van der Waals surface area contributed by atoms with E-state index in [1.807, 2.05) is 31.2 Å². The molecule has 1 aliphatic carbocycles. The van der Waals surface area contributed by atoms with Crippen LogP contribution in [0, 0.1) is 12.8 Å².